The highest BCUT2D eigenvalue weighted by Gasteiger charge is 2.17. The molecule has 0 bridgehead atoms. The molecular formula is C15H13ClF2N2O2. The Morgan fingerprint density at radius 2 is 2.05 bits per heavy atom. The summed E-state index contributed by atoms with van der Waals surface area (Å²) in [5.41, 5.74) is 0.146. The largest absolute Gasteiger partial charge is 0.457 e. The van der Waals surface area contributed by atoms with Gasteiger partial charge >= 0.3 is 5.97 Å². The van der Waals surface area contributed by atoms with Gasteiger partial charge in [0.1, 0.15) is 24.1 Å². The molecule has 2 rings (SSSR count). The van der Waals surface area contributed by atoms with E-state index < -0.39 is 28.2 Å². The second-order valence-corrected chi connectivity index (χ2v) is 5.11. The number of benzene rings is 1. The Kier molecular flexibility index (Phi) is 4.92. The van der Waals surface area contributed by atoms with Gasteiger partial charge in [0.2, 0.25) is 0 Å². The van der Waals surface area contributed by atoms with Gasteiger partial charge in [0.05, 0.1) is 10.6 Å². The van der Waals surface area contributed by atoms with E-state index >= 15 is 0 Å². The molecule has 0 unspecified atom stereocenters. The second-order valence-electron chi connectivity index (χ2n) is 4.70. The summed E-state index contributed by atoms with van der Waals surface area (Å²) in [5.74, 6) is -2.17. The molecule has 116 valence electrons. The lowest BCUT2D eigenvalue weighted by atomic mass is 10.2. The molecule has 7 heteroatoms. The lowest BCUT2D eigenvalue weighted by molar-refractivity contribution is 0.0467. The fraction of sp³-hybridized carbons (Fsp3) is 0.200. The lowest BCUT2D eigenvalue weighted by Crippen LogP contribution is -2.15. The molecule has 1 aromatic heterocycles. The van der Waals surface area contributed by atoms with Crippen LogP contribution in [0.3, 0.4) is 0 Å². The molecule has 22 heavy (non-hydrogen) atoms. The molecule has 0 aliphatic rings. The van der Waals surface area contributed by atoms with Crippen LogP contribution in [-0.4, -0.2) is 25.0 Å². The predicted molar refractivity (Wildman–Crippen MR) is 79.1 cm³/mol. The van der Waals surface area contributed by atoms with Gasteiger partial charge in [0.15, 0.2) is 0 Å². The number of halogens is 3. The van der Waals surface area contributed by atoms with E-state index in [0.717, 1.165) is 12.1 Å². The Morgan fingerprint density at radius 3 is 2.73 bits per heavy atom. The van der Waals surface area contributed by atoms with Crippen molar-refractivity contribution in [1.82, 2.24) is 4.98 Å². The molecular weight excluding hydrogens is 314 g/mol. The summed E-state index contributed by atoms with van der Waals surface area (Å²) in [6.07, 6.45) is 1.61. The van der Waals surface area contributed by atoms with Crippen LogP contribution in [0.5, 0.6) is 0 Å². The molecule has 0 spiro atoms. The lowest BCUT2D eigenvalue weighted by Gasteiger charge is -2.15. The van der Waals surface area contributed by atoms with Crippen molar-refractivity contribution in [3.63, 3.8) is 0 Å². The zero-order chi connectivity index (χ0) is 16.3. The third-order valence-corrected chi connectivity index (χ3v) is 3.17. The number of hydrogen-bond acceptors (Lipinski definition) is 4. The molecule has 0 amide bonds. The van der Waals surface area contributed by atoms with E-state index in [1.165, 1.54) is 0 Å². The zero-order valence-corrected chi connectivity index (χ0v) is 12.7. The van der Waals surface area contributed by atoms with Crippen LogP contribution in [0.25, 0.3) is 0 Å². The first-order valence-electron chi connectivity index (χ1n) is 6.33. The molecule has 0 saturated carbocycles. The molecule has 0 aliphatic carbocycles. The van der Waals surface area contributed by atoms with Gasteiger partial charge in [-0.25, -0.2) is 18.6 Å². The van der Waals surface area contributed by atoms with E-state index in [9.17, 15) is 13.6 Å². The zero-order valence-electron chi connectivity index (χ0n) is 11.9. The average molecular weight is 327 g/mol. The highest BCUT2D eigenvalue weighted by atomic mass is 35.5. The van der Waals surface area contributed by atoms with Gasteiger partial charge in [-0.2, -0.15) is 0 Å². The van der Waals surface area contributed by atoms with Crippen molar-refractivity contribution in [2.24, 2.45) is 0 Å². The summed E-state index contributed by atoms with van der Waals surface area (Å²) in [6, 6.07) is 4.88. The highest BCUT2D eigenvalue weighted by Crippen LogP contribution is 2.21. The third-order valence-electron chi connectivity index (χ3n) is 2.88. The first-order chi connectivity index (χ1) is 10.4. The number of ether oxygens (including phenoxy) is 1. The fourth-order valence-corrected chi connectivity index (χ4v) is 2.00. The standard InChI is InChI=1S/C15H13ClF2N2O2/c1-20(2)14-9(4-3-5-19-14)8-22-15(21)10-6-13(18)11(16)7-12(10)17/h3-7H,8H2,1-2H3. The maximum Gasteiger partial charge on any atom is 0.341 e. The van der Waals surface area contributed by atoms with Gasteiger partial charge in [-0.05, 0) is 18.2 Å². The molecule has 1 aromatic carbocycles. The van der Waals surface area contributed by atoms with Crippen molar-refractivity contribution in [2.75, 3.05) is 19.0 Å². The number of pyridine rings is 1. The van der Waals surface area contributed by atoms with Crippen LogP contribution < -0.4 is 4.90 Å². The SMILES string of the molecule is CN(C)c1ncccc1COC(=O)c1cc(F)c(Cl)cc1F. The Hall–Kier alpha value is -2.21. The average Bonchev–Trinajstić information content (AvgIpc) is 2.48. The molecule has 1 heterocycles. The van der Waals surface area contributed by atoms with E-state index in [1.807, 2.05) is 0 Å². The Bertz CT molecular complexity index is 708. The van der Waals surface area contributed by atoms with Gasteiger partial charge in [0.25, 0.3) is 0 Å². The van der Waals surface area contributed by atoms with E-state index in [0.29, 0.717) is 11.4 Å². The minimum absolute atomic E-state index is 0.107. The summed E-state index contributed by atoms with van der Waals surface area (Å²) < 4.78 is 32.0. The van der Waals surface area contributed by atoms with E-state index in [4.69, 9.17) is 16.3 Å². The number of rotatable bonds is 4. The summed E-state index contributed by atoms with van der Waals surface area (Å²) >= 11 is 5.44. The maximum atomic E-state index is 13.6. The number of nitrogens with zero attached hydrogens (tertiary/aromatic N) is 2. The summed E-state index contributed by atoms with van der Waals surface area (Å²) in [6.45, 7) is -0.107. The minimum atomic E-state index is -0.971. The molecule has 0 aliphatic heterocycles. The van der Waals surface area contributed by atoms with Crippen LogP contribution in [0.15, 0.2) is 30.5 Å². The molecule has 4 nitrogen and oxygen atoms in total. The molecule has 0 N–H and O–H groups in total. The van der Waals surface area contributed by atoms with Crippen molar-refractivity contribution in [3.05, 3.63) is 58.2 Å². The number of hydrogen-bond donors (Lipinski definition) is 0. The normalized spacial score (nSPS) is 10.4. The van der Waals surface area contributed by atoms with Crippen molar-refractivity contribution >= 4 is 23.4 Å². The Labute approximate surface area is 131 Å². The van der Waals surface area contributed by atoms with Crippen molar-refractivity contribution in [3.8, 4) is 0 Å². The van der Waals surface area contributed by atoms with E-state index in [2.05, 4.69) is 4.98 Å². The molecule has 0 radical (unpaired) electrons. The Balaban J connectivity index is 2.16. The topological polar surface area (TPSA) is 42.4 Å². The monoisotopic (exact) mass is 326 g/mol. The van der Waals surface area contributed by atoms with Crippen LogP contribution in [0.2, 0.25) is 5.02 Å². The Morgan fingerprint density at radius 1 is 1.32 bits per heavy atom. The van der Waals surface area contributed by atoms with Crippen LogP contribution in [0.1, 0.15) is 15.9 Å². The number of esters is 1. The fourth-order valence-electron chi connectivity index (χ4n) is 1.85. The van der Waals surface area contributed by atoms with Crippen LogP contribution in [0.4, 0.5) is 14.6 Å². The number of carbonyl (C=O) groups excluding carboxylic acids is 1. The summed E-state index contributed by atoms with van der Waals surface area (Å²) in [4.78, 5) is 17.8. The third kappa shape index (κ3) is 3.51. The van der Waals surface area contributed by atoms with Crippen molar-refractivity contribution < 1.29 is 18.3 Å². The van der Waals surface area contributed by atoms with Crippen molar-refractivity contribution in [2.45, 2.75) is 6.61 Å². The van der Waals surface area contributed by atoms with Gasteiger partial charge in [0, 0.05) is 25.9 Å². The first kappa shape index (κ1) is 16.2. The molecule has 0 atom stereocenters. The van der Waals surface area contributed by atoms with Crippen LogP contribution in [-0.2, 0) is 11.3 Å². The van der Waals surface area contributed by atoms with Gasteiger partial charge in [-0.1, -0.05) is 17.7 Å². The van der Waals surface area contributed by atoms with Gasteiger partial charge < -0.3 is 9.64 Å². The summed E-state index contributed by atoms with van der Waals surface area (Å²) in [5, 5.41) is -0.392. The molecule has 2 aromatic rings. The second kappa shape index (κ2) is 6.70. The maximum absolute atomic E-state index is 13.6. The smallest absolute Gasteiger partial charge is 0.341 e. The molecule has 0 fully saturated rings. The minimum Gasteiger partial charge on any atom is -0.457 e. The van der Waals surface area contributed by atoms with E-state index in [1.54, 1.807) is 37.3 Å². The quantitative estimate of drug-likeness (QED) is 0.637. The van der Waals surface area contributed by atoms with Gasteiger partial charge in [-0.3, -0.25) is 0 Å². The summed E-state index contributed by atoms with van der Waals surface area (Å²) in [7, 11) is 3.59. The molecule has 0 saturated heterocycles. The predicted octanol–water partition coefficient (Wildman–Crippen LogP) is 3.44. The number of carbonyl (C=O) groups is 1. The highest BCUT2D eigenvalue weighted by molar-refractivity contribution is 6.30. The number of aromatic nitrogens is 1. The van der Waals surface area contributed by atoms with Crippen LogP contribution >= 0.6 is 11.6 Å². The van der Waals surface area contributed by atoms with E-state index in [-0.39, 0.29) is 6.61 Å². The van der Waals surface area contributed by atoms with Gasteiger partial charge in [-0.15, -0.1) is 0 Å². The van der Waals surface area contributed by atoms with Crippen LogP contribution in [0, 0.1) is 11.6 Å². The van der Waals surface area contributed by atoms with Crippen molar-refractivity contribution in [1.29, 1.82) is 0 Å². The number of anilines is 1. The first-order valence-corrected chi connectivity index (χ1v) is 6.71.